The maximum atomic E-state index is 6.25. The summed E-state index contributed by atoms with van der Waals surface area (Å²) in [6, 6.07) is 10.1. The van der Waals surface area contributed by atoms with E-state index in [9.17, 15) is 0 Å². The van der Waals surface area contributed by atoms with E-state index in [-0.39, 0.29) is 0 Å². The van der Waals surface area contributed by atoms with Crippen LogP contribution in [0.4, 0.5) is 11.5 Å². The van der Waals surface area contributed by atoms with Gasteiger partial charge in [0.15, 0.2) is 0 Å². The van der Waals surface area contributed by atoms with E-state index >= 15 is 0 Å². The second kappa shape index (κ2) is 7.43. The molecule has 0 radical (unpaired) electrons. The third-order valence-electron chi connectivity index (χ3n) is 3.22. The Hall–Kier alpha value is -1.59. The van der Waals surface area contributed by atoms with E-state index in [0.717, 1.165) is 40.9 Å². The molecule has 1 heterocycles. The van der Waals surface area contributed by atoms with Gasteiger partial charge in [0, 0.05) is 22.8 Å². The number of benzene rings is 1. The summed E-state index contributed by atoms with van der Waals surface area (Å²) in [4.78, 5) is 6.50. The molecular formula is C16H21BrN4. The van der Waals surface area contributed by atoms with Crippen LogP contribution in [-0.2, 0) is 0 Å². The molecule has 1 aromatic heterocycles. The fraction of sp³-hybridized carbons (Fsp3) is 0.312. The van der Waals surface area contributed by atoms with E-state index in [1.807, 2.05) is 30.3 Å². The molecule has 0 atom stereocenters. The number of nitrogens with zero attached hydrogens (tertiary/aromatic N) is 2. The summed E-state index contributed by atoms with van der Waals surface area (Å²) >= 11 is 3.44. The minimum atomic E-state index is 0.699. The van der Waals surface area contributed by atoms with Gasteiger partial charge in [0.1, 0.15) is 5.82 Å². The minimum absolute atomic E-state index is 0.699. The zero-order valence-corrected chi connectivity index (χ0v) is 14.0. The molecule has 2 aromatic rings. The van der Waals surface area contributed by atoms with Crippen LogP contribution in [0.3, 0.4) is 0 Å². The molecule has 2 rings (SSSR count). The van der Waals surface area contributed by atoms with Crippen molar-refractivity contribution in [1.29, 1.82) is 0 Å². The number of hydrogen-bond donors (Lipinski definition) is 2. The summed E-state index contributed by atoms with van der Waals surface area (Å²) in [6.07, 6.45) is 2.85. The minimum Gasteiger partial charge on any atom is -0.395 e. The predicted molar refractivity (Wildman–Crippen MR) is 93.4 cm³/mol. The quantitative estimate of drug-likeness (QED) is 0.785. The number of pyridine rings is 1. The first kappa shape index (κ1) is 15.8. The van der Waals surface area contributed by atoms with Crippen LogP contribution in [0, 0.1) is 0 Å². The van der Waals surface area contributed by atoms with Gasteiger partial charge in [-0.25, -0.2) is 4.98 Å². The Labute approximate surface area is 134 Å². The van der Waals surface area contributed by atoms with E-state index in [2.05, 4.69) is 45.2 Å². The molecule has 5 heteroatoms. The van der Waals surface area contributed by atoms with Gasteiger partial charge in [-0.1, -0.05) is 28.1 Å². The van der Waals surface area contributed by atoms with Gasteiger partial charge in [-0.3, -0.25) is 0 Å². The number of nitrogens with one attached hydrogen (secondary N) is 1. The molecule has 0 aliphatic heterocycles. The van der Waals surface area contributed by atoms with E-state index in [0.29, 0.717) is 5.69 Å². The Morgan fingerprint density at radius 2 is 1.90 bits per heavy atom. The predicted octanol–water partition coefficient (Wildman–Crippen LogP) is 3.46. The molecule has 0 saturated carbocycles. The van der Waals surface area contributed by atoms with Gasteiger partial charge < -0.3 is 16.0 Å². The van der Waals surface area contributed by atoms with Gasteiger partial charge in [-0.15, -0.1) is 0 Å². The molecule has 0 aliphatic rings. The van der Waals surface area contributed by atoms with E-state index in [1.54, 1.807) is 6.20 Å². The van der Waals surface area contributed by atoms with Crippen molar-refractivity contribution in [1.82, 2.24) is 9.88 Å². The standard InChI is InChI=1S/C16H21BrN4/c1-21(2)11-3-9-19-16-15(18)14(8-10-20-16)12-4-6-13(17)7-5-12/h4-8,10H,3,9,11,18H2,1-2H3,(H,19,20). The van der Waals surface area contributed by atoms with Crippen LogP contribution >= 0.6 is 15.9 Å². The number of hydrogen-bond acceptors (Lipinski definition) is 4. The molecule has 0 aliphatic carbocycles. The van der Waals surface area contributed by atoms with Crippen molar-refractivity contribution in [3.05, 3.63) is 41.0 Å². The SMILES string of the molecule is CN(C)CCCNc1nccc(-c2ccc(Br)cc2)c1N. The number of nitrogens with two attached hydrogens (primary N) is 1. The molecule has 0 saturated heterocycles. The third-order valence-corrected chi connectivity index (χ3v) is 3.75. The average Bonchev–Trinajstić information content (AvgIpc) is 2.46. The van der Waals surface area contributed by atoms with Crippen molar-refractivity contribution in [3.8, 4) is 11.1 Å². The van der Waals surface area contributed by atoms with Gasteiger partial charge in [0.2, 0.25) is 0 Å². The van der Waals surface area contributed by atoms with E-state index < -0.39 is 0 Å². The van der Waals surface area contributed by atoms with Crippen molar-refractivity contribution in [2.24, 2.45) is 0 Å². The van der Waals surface area contributed by atoms with Crippen LogP contribution in [0.5, 0.6) is 0 Å². The van der Waals surface area contributed by atoms with Crippen LogP contribution in [-0.4, -0.2) is 37.1 Å². The Bertz CT molecular complexity index is 581. The number of halogens is 1. The zero-order valence-electron chi connectivity index (χ0n) is 12.4. The summed E-state index contributed by atoms with van der Waals surface area (Å²) in [5.41, 5.74) is 9.05. The van der Waals surface area contributed by atoms with Crippen molar-refractivity contribution >= 4 is 27.4 Å². The highest BCUT2D eigenvalue weighted by atomic mass is 79.9. The normalized spacial score (nSPS) is 10.9. The van der Waals surface area contributed by atoms with Crippen molar-refractivity contribution in [2.75, 3.05) is 38.2 Å². The Morgan fingerprint density at radius 3 is 2.57 bits per heavy atom. The first-order valence-electron chi connectivity index (χ1n) is 6.97. The molecule has 21 heavy (non-hydrogen) atoms. The number of anilines is 2. The van der Waals surface area contributed by atoms with Crippen LogP contribution < -0.4 is 11.1 Å². The fourth-order valence-corrected chi connectivity index (χ4v) is 2.36. The number of rotatable bonds is 6. The average molecular weight is 349 g/mol. The van der Waals surface area contributed by atoms with Crippen molar-refractivity contribution in [3.63, 3.8) is 0 Å². The highest BCUT2D eigenvalue weighted by molar-refractivity contribution is 9.10. The molecule has 0 bridgehead atoms. The largest absolute Gasteiger partial charge is 0.395 e. The Balaban J connectivity index is 2.10. The lowest BCUT2D eigenvalue weighted by atomic mass is 10.1. The van der Waals surface area contributed by atoms with Crippen LogP contribution in [0.15, 0.2) is 41.0 Å². The Morgan fingerprint density at radius 1 is 1.19 bits per heavy atom. The summed E-state index contributed by atoms with van der Waals surface area (Å²) < 4.78 is 1.06. The number of nitrogen functional groups attached to an aromatic ring is 1. The lowest BCUT2D eigenvalue weighted by Crippen LogP contribution is -2.17. The summed E-state index contributed by atoms with van der Waals surface area (Å²) in [5, 5.41) is 3.32. The monoisotopic (exact) mass is 348 g/mol. The summed E-state index contributed by atoms with van der Waals surface area (Å²) in [6.45, 7) is 1.90. The second-order valence-electron chi connectivity index (χ2n) is 5.21. The number of aromatic nitrogens is 1. The summed E-state index contributed by atoms with van der Waals surface area (Å²) in [7, 11) is 4.14. The highest BCUT2D eigenvalue weighted by Gasteiger charge is 2.08. The second-order valence-corrected chi connectivity index (χ2v) is 6.13. The summed E-state index contributed by atoms with van der Waals surface area (Å²) in [5.74, 6) is 0.758. The molecule has 0 spiro atoms. The molecule has 0 fully saturated rings. The Kier molecular flexibility index (Phi) is 5.59. The van der Waals surface area contributed by atoms with Gasteiger partial charge in [-0.2, -0.15) is 0 Å². The zero-order chi connectivity index (χ0) is 15.2. The molecule has 1 aromatic carbocycles. The van der Waals surface area contributed by atoms with E-state index in [1.165, 1.54) is 0 Å². The van der Waals surface area contributed by atoms with Crippen molar-refractivity contribution in [2.45, 2.75) is 6.42 Å². The van der Waals surface area contributed by atoms with Gasteiger partial charge in [-0.05, 0) is 50.8 Å². The first-order chi connectivity index (χ1) is 10.1. The lowest BCUT2D eigenvalue weighted by Gasteiger charge is -2.13. The maximum Gasteiger partial charge on any atom is 0.149 e. The van der Waals surface area contributed by atoms with Crippen LogP contribution in [0.25, 0.3) is 11.1 Å². The van der Waals surface area contributed by atoms with Crippen LogP contribution in [0.1, 0.15) is 6.42 Å². The van der Waals surface area contributed by atoms with Crippen molar-refractivity contribution < 1.29 is 0 Å². The lowest BCUT2D eigenvalue weighted by molar-refractivity contribution is 0.405. The molecule has 0 amide bonds. The molecule has 3 N–H and O–H groups in total. The topological polar surface area (TPSA) is 54.2 Å². The highest BCUT2D eigenvalue weighted by Crippen LogP contribution is 2.30. The van der Waals surface area contributed by atoms with Gasteiger partial charge in [0.25, 0.3) is 0 Å². The smallest absolute Gasteiger partial charge is 0.149 e. The molecule has 112 valence electrons. The fourth-order valence-electron chi connectivity index (χ4n) is 2.10. The molecule has 0 unspecified atom stereocenters. The van der Waals surface area contributed by atoms with Gasteiger partial charge >= 0.3 is 0 Å². The van der Waals surface area contributed by atoms with E-state index in [4.69, 9.17) is 5.73 Å². The van der Waals surface area contributed by atoms with Crippen LogP contribution in [0.2, 0.25) is 0 Å². The first-order valence-corrected chi connectivity index (χ1v) is 7.76. The van der Waals surface area contributed by atoms with Gasteiger partial charge in [0.05, 0.1) is 5.69 Å². The molecular weight excluding hydrogens is 328 g/mol. The third kappa shape index (κ3) is 4.44. The molecule has 4 nitrogen and oxygen atoms in total. The maximum absolute atomic E-state index is 6.25.